The normalized spacial score (nSPS) is 12.3. The summed E-state index contributed by atoms with van der Waals surface area (Å²) in [6, 6.07) is 33.7. The summed E-state index contributed by atoms with van der Waals surface area (Å²) in [5.41, 5.74) is 4.15. The molecule has 0 aliphatic rings. The van der Waals surface area contributed by atoms with Crippen LogP contribution in [0.2, 0.25) is 0 Å². The van der Waals surface area contributed by atoms with E-state index >= 15 is 0 Å². The number of aromatic hydroxyl groups is 1. The van der Waals surface area contributed by atoms with E-state index in [1.165, 1.54) is 5.56 Å². The van der Waals surface area contributed by atoms with Gasteiger partial charge in [-0.15, -0.1) is 0 Å². The monoisotopic (exact) mass is 398 g/mol. The van der Waals surface area contributed by atoms with Crippen LogP contribution in [0.1, 0.15) is 28.4 Å². The number of hydrogen-bond donors (Lipinski definition) is 2. The van der Waals surface area contributed by atoms with Crippen LogP contribution in [0.3, 0.4) is 0 Å². The smallest absolute Gasteiger partial charge is 0.123 e. The number of phenols is 1. The van der Waals surface area contributed by atoms with E-state index in [2.05, 4.69) is 18.2 Å². The van der Waals surface area contributed by atoms with Crippen LogP contribution in [0, 0.1) is 0 Å². The van der Waals surface area contributed by atoms with Crippen LogP contribution in [0.4, 0.5) is 0 Å². The number of phenolic OH excluding ortho intramolecular Hbond substituents is 1. The molecular formula is C26H23O2P. The quantitative estimate of drug-likeness (QED) is 0.463. The first-order chi connectivity index (χ1) is 14.2. The third-order valence-corrected chi connectivity index (χ3v) is 6.35. The predicted octanol–water partition coefficient (Wildman–Crippen LogP) is 4.69. The summed E-state index contributed by atoms with van der Waals surface area (Å²) in [5.74, 6) is 0.296. The highest BCUT2D eigenvalue weighted by molar-refractivity contribution is 7.55. The molecule has 4 aromatic carbocycles. The molecule has 0 aliphatic carbocycles. The van der Waals surface area contributed by atoms with E-state index in [1.807, 2.05) is 78.9 Å². The van der Waals surface area contributed by atoms with Crippen molar-refractivity contribution in [1.29, 1.82) is 0 Å². The molecule has 2 nitrogen and oxygen atoms in total. The molecule has 0 spiro atoms. The Balaban J connectivity index is 1.62. The van der Waals surface area contributed by atoms with Crippen molar-refractivity contribution in [3.05, 3.63) is 125 Å². The first-order valence-electron chi connectivity index (χ1n) is 9.65. The second kappa shape index (κ2) is 9.05. The fourth-order valence-corrected chi connectivity index (χ4v) is 4.74. The Kier molecular flexibility index (Phi) is 6.05. The molecule has 0 heterocycles. The Morgan fingerprint density at radius 3 is 2.07 bits per heavy atom. The molecule has 2 unspecified atom stereocenters. The maximum atomic E-state index is 10.9. The van der Waals surface area contributed by atoms with Gasteiger partial charge in [0.2, 0.25) is 0 Å². The minimum Gasteiger partial charge on any atom is -0.507 e. The summed E-state index contributed by atoms with van der Waals surface area (Å²) >= 11 is 0. The van der Waals surface area contributed by atoms with Gasteiger partial charge in [0.15, 0.2) is 0 Å². The van der Waals surface area contributed by atoms with Gasteiger partial charge in [0.25, 0.3) is 0 Å². The molecule has 4 rings (SSSR count). The van der Waals surface area contributed by atoms with Gasteiger partial charge in [-0.3, -0.25) is 0 Å². The lowest BCUT2D eigenvalue weighted by atomic mass is 10.0. The first-order valence-corrected chi connectivity index (χ1v) is 10.7. The second-order valence-electron chi connectivity index (χ2n) is 7.04. The van der Waals surface area contributed by atoms with Crippen molar-refractivity contribution < 1.29 is 10.2 Å². The Labute approximate surface area is 173 Å². The van der Waals surface area contributed by atoms with Gasteiger partial charge in [-0.2, -0.15) is 0 Å². The molecule has 4 aromatic rings. The van der Waals surface area contributed by atoms with Gasteiger partial charge in [-0.1, -0.05) is 99.6 Å². The van der Waals surface area contributed by atoms with Crippen LogP contribution in [-0.2, 0) is 6.42 Å². The van der Waals surface area contributed by atoms with Crippen LogP contribution in [0.25, 0.3) is 0 Å². The zero-order valence-electron chi connectivity index (χ0n) is 16.0. The van der Waals surface area contributed by atoms with Crippen molar-refractivity contribution in [3.63, 3.8) is 0 Å². The van der Waals surface area contributed by atoms with Gasteiger partial charge in [-0.05, 0) is 46.1 Å². The molecule has 0 radical (unpaired) electrons. The van der Waals surface area contributed by atoms with Gasteiger partial charge in [0.1, 0.15) is 11.9 Å². The van der Waals surface area contributed by atoms with Crippen molar-refractivity contribution >= 4 is 19.2 Å². The van der Waals surface area contributed by atoms with Crippen LogP contribution >= 0.6 is 8.58 Å². The predicted molar refractivity (Wildman–Crippen MR) is 122 cm³/mol. The Morgan fingerprint density at radius 1 is 0.655 bits per heavy atom. The van der Waals surface area contributed by atoms with E-state index in [0.717, 1.165) is 33.7 Å². The molecule has 0 amide bonds. The van der Waals surface area contributed by atoms with Crippen LogP contribution in [0.15, 0.2) is 103 Å². The summed E-state index contributed by atoms with van der Waals surface area (Å²) in [5, 5.41) is 23.3. The van der Waals surface area contributed by atoms with Gasteiger partial charge in [-0.25, -0.2) is 0 Å². The second-order valence-corrected chi connectivity index (χ2v) is 8.37. The molecular weight excluding hydrogens is 375 g/mol. The molecule has 0 aliphatic heterocycles. The van der Waals surface area contributed by atoms with Crippen molar-refractivity contribution in [2.45, 2.75) is 12.5 Å². The lowest BCUT2D eigenvalue weighted by molar-refractivity contribution is 0.221. The topological polar surface area (TPSA) is 40.5 Å². The Bertz CT molecular complexity index is 1080. The molecule has 144 valence electrons. The van der Waals surface area contributed by atoms with Gasteiger partial charge < -0.3 is 10.2 Å². The Hall–Kier alpha value is -2.93. The van der Waals surface area contributed by atoms with E-state index in [4.69, 9.17) is 0 Å². The molecule has 3 heteroatoms. The minimum atomic E-state index is -0.686. The molecule has 29 heavy (non-hydrogen) atoms. The fourth-order valence-electron chi connectivity index (χ4n) is 3.43. The molecule has 0 aromatic heterocycles. The van der Waals surface area contributed by atoms with Crippen molar-refractivity contribution in [3.8, 4) is 5.75 Å². The highest BCUT2D eigenvalue weighted by atomic mass is 31.1. The summed E-state index contributed by atoms with van der Waals surface area (Å²) in [7, 11) is 0.259. The lowest BCUT2D eigenvalue weighted by Crippen LogP contribution is -2.14. The maximum absolute atomic E-state index is 10.9. The zero-order valence-corrected chi connectivity index (χ0v) is 17.0. The van der Waals surface area contributed by atoms with Gasteiger partial charge >= 0.3 is 0 Å². The third-order valence-electron chi connectivity index (χ3n) is 4.95. The van der Waals surface area contributed by atoms with Crippen molar-refractivity contribution in [2.24, 2.45) is 0 Å². The molecule has 2 N–H and O–H groups in total. The summed E-state index contributed by atoms with van der Waals surface area (Å²) in [6.45, 7) is 0. The average Bonchev–Trinajstić information content (AvgIpc) is 2.77. The van der Waals surface area contributed by atoms with Crippen molar-refractivity contribution in [1.82, 2.24) is 0 Å². The molecule has 0 fully saturated rings. The summed E-state index contributed by atoms with van der Waals surface area (Å²) < 4.78 is 0. The fraction of sp³-hybridized carbons (Fsp3) is 0.0769. The zero-order chi connectivity index (χ0) is 20.1. The average molecular weight is 398 g/mol. The maximum Gasteiger partial charge on any atom is 0.123 e. The van der Waals surface area contributed by atoms with E-state index in [1.54, 1.807) is 6.07 Å². The highest BCUT2D eigenvalue weighted by Gasteiger charge is 2.15. The molecule has 0 bridgehead atoms. The van der Waals surface area contributed by atoms with E-state index in [0.29, 0.717) is 5.75 Å². The highest BCUT2D eigenvalue weighted by Crippen LogP contribution is 2.27. The summed E-state index contributed by atoms with van der Waals surface area (Å²) in [4.78, 5) is 0. The van der Waals surface area contributed by atoms with Gasteiger partial charge in [0, 0.05) is 5.30 Å². The van der Waals surface area contributed by atoms with E-state index in [9.17, 15) is 10.2 Å². The molecule has 0 saturated carbocycles. The van der Waals surface area contributed by atoms with E-state index in [-0.39, 0.29) is 8.58 Å². The SMILES string of the molecule is Oc1ccc(Cc2ccccc2)cc1Pc1ccccc1C(O)c1ccccc1. The molecule has 2 atom stereocenters. The minimum absolute atomic E-state index is 0.259. The lowest BCUT2D eigenvalue weighted by Gasteiger charge is -2.17. The number of aliphatic hydroxyl groups is 1. The summed E-state index contributed by atoms with van der Waals surface area (Å²) in [6.07, 6.45) is 0.141. The first kappa shape index (κ1) is 19.4. The van der Waals surface area contributed by atoms with E-state index < -0.39 is 6.10 Å². The third kappa shape index (κ3) is 4.74. The number of aliphatic hydroxyl groups excluding tert-OH is 1. The Morgan fingerprint density at radius 2 is 1.31 bits per heavy atom. The van der Waals surface area contributed by atoms with Crippen LogP contribution in [0.5, 0.6) is 5.75 Å². The van der Waals surface area contributed by atoms with Crippen LogP contribution < -0.4 is 10.6 Å². The standard InChI is InChI=1S/C26H23O2P/c27-23-16-15-20(17-19-9-3-1-4-10-19)18-25(23)29-24-14-8-7-13-22(24)26(28)21-11-5-2-6-12-21/h1-16,18,26-29H,17H2. The number of benzene rings is 4. The largest absolute Gasteiger partial charge is 0.507 e. The number of hydrogen-bond acceptors (Lipinski definition) is 2. The van der Waals surface area contributed by atoms with Gasteiger partial charge in [0.05, 0.1) is 0 Å². The number of rotatable bonds is 6. The molecule has 0 saturated heterocycles. The van der Waals surface area contributed by atoms with Crippen molar-refractivity contribution in [2.75, 3.05) is 0 Å². The van der Waals surface area contributed by atoms with Crippen LogP contribution in [-0.4, -0.2) is 10.2 Å².